The summed E-state index contributed by atoms with van der Waals surface area (Å²) < 4.78 is 0. The summed E-state index contributed by atoms with van der Waals surface area (Å²) in [4.78, 5) is 35.3. The molecule has 1 aliphatic rings. The van der Waals surface area contributed by atoms with E-state index in [4.69, 9.17) is 11.6 Å². The number of carbonyl (C=O) groups excluding carboxylic acids is 2. The maximum atomic E-state index is 12.0. The van der Waals surface area contributed by atoms with Crippen molar-refractivity contribution >= 4 is 46.3 Å². The molecule has 0 radical (unpaired) electrons. The maximum absolute atomic E-state index is 12.0. The van der Waals surface area contributed by atoms with Crippen molar-refractivity contribution < 1.29 is 20.2 Å². The third kappa shape index (κ3) is 3.23. The molecule has 0 spiro atoms. The minimum atomic E-state index is -0.603. The van der Waals surface area contributed by atoms with Gasteiger partial charge in [-0.1, -0.05) is 17.7 Å². The van der Waals surface area contributed by atoms with Gasteiger partial charge in [0.2, 0.25) is 0 Å². The van der Waals surface area contributed by atoms with E-state index in [2.05, 4.69) is 5.73 Å². The topological polar surface area (TPSA) is 108 Å². The van der Waals surface area contributed by atoms with Crippen LogP contribution in [0.1, 0.15) is 5.56 Å². The van der Waals surface area contributed by atoms with Gasteiger partial charge in [0, 0.05) is 6.07 Å². The molecule has 1 aromatic carbocycles. The Morgan fingerprint density at radius 2 is 2.14 bits per heavy atom. The normalized spacial score (nSPS) is 16.9. The van der Waals surface area contributed by atoms with E-state index in [0.717, 1.165) is 16.7 Å². The molecule has 0 aliphatic carbocycles. The molecular formula is C12H11ClN3O4S+. The fourth-order valence-electron chi connectivity index (χ4n) is 1.76. The molecule has 0 saturated carbocycles. The maximum Gasteiger partial charge on any atom is 0.293 e. The van der Waals surface area contributed by atoms with E-state index in [9.17, 15) is 19.7 Å². The Morgan fingerprint density at radius 1 is 1.43 bits per heavy atom. The average Bonchev–Trinajstić information content (AvgIpc) is 2.69. The second-order valence-electron chi connectivity index (χ2n) is 4.15. The number of hydrogen-bond acceptors (Lipinski definition) is 5. The Kier molecular flexibility index (Phi) is 4.61. The zero-order chi connectivity index (χ0) is 15.6. The molecule has 2 amide bonds. The summed E-state index contributed by atoms with van der Waals surface area (Å²) in [5.41, 5.74) is 3.79. The van der Waals surface area contributed by atoms with Crippen LogP contribution in [0.5, 0.6) is 0 Å². The van der Waals surface area contributed by atoms with E-state index in [-0.39, 0.29) is 27.4 Å². The molecule has 1 saturated heterocycles. The second kappa shape index (κ2) is 6.25. The van der Waals surface area contributed by atoms with Gasteiger partial charge in [-0.05, 0) is 29.5 Å². The summed E-state index contributed by atoms with van der Waals surface area (Å²) in [5, 5.41) is 10.5. The summed E-state index contributed by atoms with van der Waals surface area (Å²) in [5.74, 6) is -0.411. The fourth-order valence-corrected chi connectivity index (χ4v) is 2.81. The minimum Gasteiger partial charge on any atom is -0.356 e. The third-order valence-electron chi connectivity index (χ3n) is 2.72. The first-order chi connectivity index (χ1) is 9.93. The van der Waals surface area contributed by atoms with Crippen molar-refractivity contribution in [2.24, 2.45) is 0 Å². The minimum absolute atomic E-state index is 0.0160. The highest BCUT2D eigenvalue weighted by atomic mass is 35.5. The van der Waals surface area contributed by atoms with Crippen LogP contribution in [0.2, 0.25) is 5.02 Å². The number of halogens is 1. The monoisotopic (exact) mass is 328 g/mol. The van der Waals surface area contributed by atoms with Gasteiger partial charge in [0.1, 0.15) is 5.02 Å². The van der Waals surface area contributed by atoms with Gasteiger partial charge in [0.05, 0.1) is 22.9 Å². The molecule has 0 bridgehead atoms. The molecule has 0 unspecified atom stereocenters. The number of nitro groups is 1. The van der Waals surface area contributed by atoms with Gasteiger partial charge in [-0.15, -0.1) is 0 Å². The molecule has 1 aromatic rings. The van der Waals surface area contributed by atoms with Crippen LogP contribution in [0.3, 0.4) is 0 Å². The van der Waals surface area contributed by atoms with Crippen molar-refractivity contribution in [1.29, 1.82) is 0 Å². The number of amides is 2. The molecule has 7 nitrogen and oxygen atoms in total. The molecular weight excluding hydrogens is 318 g/mol. The van der Waals surface area contributed by atoms with Gasteiger partial charge >= 0.3 is 0 Å². The number of nitro benzene ring substituents is 1. The molecule has 3 N–H and O–H groups in total. The highest BCUT2D eigenvalue weighted by molar-refractivity contribution is 8.18. The summed E-state index contributed by atoms with van der Waals surface area (Å²) in [6.07, 6.45) is 1.44. The molecule has 1 fully saturated rings. The first-order valence-electron chi connectivity index (χ1n) is 5.92. The van der Waals surface area contributed by atoms with Crippen LogP contribution in [0.25, 0.3) is 6.08 Å². The van der Waals surface area contributed by atoms with Crippen LogP contribution in [0.15, 0.2) is 23.1 Å². The molecule has 110 valence electrons. The zero-order valence-corrected chi connectivity index (χ0v) is 12.3. The van der Waals surface area contributed by atoms with Crippen LogP contribution in [0, 0.1) is 10.1 Å². The predicted octanol–water partition coefficient (Wildman–Crippen LogP) is 1.53. The van der Waals surface area contributed by atoms with Crippen LogP contribution in [0.4, 0.5) is 10.5 Å². The van der Waals surface area contributed by atoms with E-state index in [1.54, 1.807) is 6.07 Å². The number of quaternary nitrogens is 1. The van der Waals surface area contributed by atoms with Crippen LogP contribution in [-0.2, 0) is 4.79 Å². The highest BCUT2D eigenvalue weighted by Crippen LogP contribution is 2.33. The number of rotatable bonds is 4. The Morgan fingerprint density at radius 3 is 2.76 bits per heavy atom. The average molecular weight is 329 g/mol. The lowest BCUT2D eigenvalue weighted by molar-refractivity contribution is -0.384. The van der Waals surface area contributed by atoms with Crippen LogP contribution < -0.4 is 5.73 Å². The number of imide groups is 1. The standard InChI is InChI=1S/C12H10ClN3O4S/c13-8-2-1-7(5-9(8)16(19)20)6-10-11(17)15(4-3-14)12(18)21-10/h1-2,5-6H,3-4,14H2/p+1/b10-6+. The quantitative estimate of drug-likeness (QED) is 0.512. The number of benzene rings is 1. The SMILES string of the molecule is [NH3+]CCN1C(=O)S/C(=C/c2ccc(Cl)c([N+](=O)[O-])c2)C1=O. The van der Waals surface area contributed by atoms with E-state index >= 15 is 0 Å². The number of carbonyl (C=O) groups is 2. The van der Waals surface area contributed by atoms with Gasteiger partial charge < -0.3 is 5.73 Å². The Balaban J connectivity index is 2.33. The van der Waals surface area contributed by atoms with E-state index in [1.165, 1.54) is 18.2 Å². The largest absolute Gasteiger partial charge is 0.356 e. The van der Waals surface area contributed by atoms with Crippen molar-refractivity contribution in [3.63, 3.8) is 0 Å². The van der Waals surface area contributed by atoms with Gasteiger partial charge in [-0.3, -0.25) is 24.6 Å². The van der Waals surface area contributed by atoms with Crippen molar-refractivity contribution in [3.05, 3.63) is 43.8 Å². The molecule has 21 heavy (non-hydrogen) atoms. The van der Waals surface area contributed by atoms with Gasteiger partial charge in [-0.25, -0.2) is 0 Å². The smallest absolute Gasteiger partial charge is 0.293 e. The molecule has 0 aromatic heterocycles. The van der Waals surface area contributed by atoms with Crippen molar-refractivity contribution in [2.75, 3.05) is 13.1 Å². The van der Waals surface area contributed by atoms with Crippen LogP contribution in [-0.4, -0.2) is 34.1 Å². The lowest BCUT2D eigenvalue weighted by Crippen LogP contribution is -2.55. The molecule has 9 heteroatoms. The summed E-state index contributed by atoms with van der Waals surface area (Å²) in [7, 11) is 0. The van der Waals surface area contributed by atoms with Gasteiger partial charge in [-0.2, -0.15) is 0 Å². The zero-order valence-electron chi connectivity index (χ0n) is 10.7. The van der Waals surface area contributed by atoms with Gasteiger partial charge in [0.25, 0.3) is 16.8 Å². The summed E-state index contributed by atoms with van der Waals surface area (Å²) in [6, 6.07) is 4.19. The molecule has 0 atom stereocenters. The summed E-state index contributed by atoms with van der Waals surface area (Å²) >= 11 is 6.52. The lowest BCUT2D eigenvalue weighted by atomic mass is 10.2. The van der Waals surface area contributed by atoms with E-state index < -0.39 is 10.8 Å². The Bertz CT molecular complexity index is 662. The third-order valence-corrected chi connectivity index (χ3v) is 3.95. The lowest BCUT2D eigenvalue weighted by Gasteiger charge is -2.08. The Hall–Kier alpha value is -1.90. The Labute approximate surface area is 128 Å². The molecule has 1 aliphatic heterocycles. The molecule has 2 rings (SSSR count). The highest BCUT2D eigenvalue weighted by Gasteiger charge is 2.34. The van der Waals surface area contributed by atoms with Crippen molar-refractivity contribution in [3.8, 4) is 0 Å². The number of hydrogen-bond donors (Lipinski definition) is 1. The second-order valence-corrected chi connectivity index (χ2v) is 5.56. The van der Waals surface area contributed by atoms with E-state index in [0.29, 0.717) is 12.1 Å². The summed E-state index contributed by atoms with van der Waals surface area (Å²) in [6.45, 7) is 0.681. The predicted molar refractivity (Wildman–Crippen MR) is 78.5 cm³/mol. The van der Waals surface area contributed by atoms with Gasteiger partial charge in [0.15, 0.2) is 0 Å². The van der Waals surface area contributed by atoms with Crippen LogP contribution >= 0.6 is 23.4 Å². The first-order valence-corrected chi connectivity index (χ1v) is 7.12. The first kappa shape index (κ1) is 15.5. The van der Waals surface area contributed by atoms with E-state index in [1.807, 2.05) is 0 Å². The molecule has 1 heterocycles. The number of nitrogens with zero attached hydrogens (tertiary/aromatic N) is 2. The fraction of sp³-hybridized carbons (Fsp3) is 0.167. The number of thioether (sulfide) groups is 1. The van der Waals surface area contributed by atoms with Crippen molar-refractivity contribution in [1.82, 2.24) is 4.90 Å². The van der Waals surface area contributed by atoms with Crippen molar-refractivity contribution in [2.45, 2.75) is 0 Å².